The molecule has 0 amide bonds. The van der Waals surface area contributed by atoms with Crippen molar-refractivity contribution in [3.8, 4) is 0 Å². The predicted molar refractivity (Wildman–Crippen MR) is 75.5 cm³/mol. The second-order valence-electron chi connectivity index (χ2n) is 5.73. The van der Waals surface area contributed by atoms with Crippen LogP contribution < -0.4 is 5.73 Å². The minimum absolute atomic E-state index is 0.457. The first-order valence-electron chi connectivity index (χ1n) is 7.44. The lowest BCUT2D eigenvalue weighted by atomic mass is 9.87. The van der Waals surface area contributed by atoms with Gasteiger partial charge in [-0.1, -0.05) is 43.5 Å². The molecule has 1 unspecified atom stereocenters. The molecule has 1 aromatic rings. The van der Waals surface area contributed by atoms with E-state index in [4.69, 9.17) is 5.73 Å². The summed E-state index contributed by atoms with van der Waals surface area (Å²) in [6.07, 6.45) is 8.18. The molecule has 1 heterocycles. The van der Waals surface area contributed by atoms with Crippen LogP contribution in [0.25, 0.3) is 0 Å². The first-order chi connectivity index (χ1) is 8.90. The molecule has 0 saturated heterocycles. The van der Waals surface area contributed by atoms with Crippen LogP contribution >= 0.6 is 0 Å². The van der Waals surface area contributed by atoms with Crippen molar-refractivity contribution in [2.24, 2.45) is 5.73 Å². The zero-order chi connectivity index (χ0) is 12.4. The number of nitrogens with two attached hydrogens (primary N) is 1. The molecule has 2 aliphatic rings. The Bertz CT molecular complexity index is 396. The van der Waals surface area contributed by atoms with Crippen LogP contribution in [0, 0.1) is 0 Å². The highest BCUT2D eigenvalue weighted by Gasteiger charge is 2.31. The molecule has 3 rings (SSSR count). The molecule has 98 valence electrons. The molecule has 2 heteroatoms. The number of fused-ring (bicyclic) bond motifs is 1. The fraction of sp³-hybridized carbons (Fsp3) is 0.625. The third-order valence-corrected chi connectivity index (χ3v) is 4.72. The van der Waals surface area contributed by atoms with Gasteiger partial charge in [0.25, 0.3) is 0 Å². The van der Waals surface area contributed by atoms with E-state index in [0.717, 1.165) is 12.6 Å². The molecule has 1 aliphatic heterocycles. The second-order valence-corrected chi connectivity index (χ2v) is 5.73. The fourth-order valence-electron chi connectivity index (χ4n) is 3.78. The average Bonchev–Trinajstić information content (AvgIpc) is 2.47. The molecule has 1 fully saturated rings. The van der Waals surface area contributed by atoms with Crippen molar-refractivity contribution >= 4 is 0 Å². The lowest BCUT2D eigenvalue weighted by Crippen LogP contribution is -2.46. The topological polar surface area (TPSA) is 29.3 Å². The van der Waals surface area contributed by atoms with Gasteiger partial charge in [-0.2, -0.15) is 0 Å². The van der Waals surface area contributed by atoms with E-state index in [9.17, 15) is 0 Å². The van der Waals surface area contributed by atoms with Gasteiger partial charge in [0, 0.05) is 25.2 Å². The monoisotopic (exact) mass is 244 g/mol. The summed E-state index contributed by atoms with van der Waals surface area (Å²) in [5.74, 6) is 0. The summed E-state index contributed by atoms with van der Waals surface area (Å²) in [5.41, 5.74) is 9.07. The van der Waals surface area contributed by atoms with Gasteiger partial charge in [-0.05, 0) is 30.4 Å². The summed E-state index contributed by atoms with van der Waals surface area (Å²) in [7, 11) is 0. The van der Waals surface area contributed by atoms with Gasteiger partial charge in [0.15, 0.2) is 0 Å². The van der Waals surface area contributed by atoms with Gasteiger partial charge in [-0.25, -0.2) is 0 Å². The summed E-state index contributed by atoms with van der Waals surface area (Å²) in [6.45, 7) is 1.96. The van der Waals surface area contributed by atoms with E-state index in [-0.39, 0.29) is 0 Å². The highest BCUT2D eigenvalue weighted by atomic mass is 15.2. The second kappa shape index (κ2) is 5.41. The van der Waals surface area contributed by atoms with Crippen LogP contribution in [-0.2, 0) is 6.42 Å². The third-order valence-electron chi connectivity index (χ3n) is 4.72. The Balaban J connectivity index is 1.84. The van der Waals surface area contributed by atoms with Crippen LogP contribution in [0.3, 0.4) is 0 Å². The SMILES string of the molecule is NCC1c2ccccc2CCN1C1CCCCC1. The maximum atomic E-state index is 6.07. The standard InChI is InChI=1S/C16H24N2/c17-12-16-15-9-5-4-6-13(15)10-11-18(16)14-7-2-1-3-8-14/h4-6,9,14,16H,1-3,7-8,10-12,17H2. The highest BCUT2D eigenvalue weighted by molar-refractivity contribution is 5.33. The minimum Gasteiger partial charge on any atom is -0.329 e. The number of hydrogen-bond acceptors (Lipinski definition) is 2. The smallest absolute Gasteiger partial charge is 0.0476 e. The molecular formula is C16H24N2. The summed E-state index contributed by atoms with van der Waals surface area (Å²) in [5, 5.41) is 0. The Kier molecular flexibility index (Phi) is 3.67. The molecular weight excluding hydrogens is 220 g/mol. The Labute approximate surface area is 110 Å². The molecule has 0 bridgehead atoms. The molecule has 0 spiro atoms. The van der Waals surface area contributed by atoms with Gasteiger partial charge < -0.3 is 5.73 Å². The summed E-state index contributed by atoms with van der Waals surface area (Å²) < 4.78 is 0. The molecule has 1 aliphatic carbocycles. The molecule has 0 aromatic heterocycles. The normalized spacial score (nSPS) is 25.9. The van der Waals surface area contributed by atoms with E-state index in [0.29, 0.717) is 6.04 Å². The van der Waals surface area contributed by atoms with E-state index in [1.807, 2.05) is 0 Å². The van der Waals surface area contributed by atoms with Crippen molar-refractivity contribution in [2.45, 2.75) is 50.6 Å². The van der Waals surface area contributed by atoms with E-state index < -0.39 is 0 Å². The molecule has 2 N–H and O–H groups in total. The lowest BCUT2D eigenvalue weighted by Gasteiger charge is -2.43. The van der Waals surface area contributed by atoms with Crippen LogP contribution in [-0.4, -0.2) is 24.0 Å². The third kappa shape index (κ3) is 2.19. The first-order valence-corrected chi connectivity index (χ1v) is 7.44. The van der Waals surface area contributed by atoms with Crippen LogP contribution in [0.2, 0.25) is 0 Å². The van der Waals surface area contributed by atoms with E-state index >= 15 is 0 Å². The molecule has 0 radical (unpaired) electrons. The first kappa shape index (κ1) is 12.2. The van der Waals surface area contributed by atoms with Gasteiger partial charge in [-0.3, -0.25) is 4.90 Å². The molecule has 2 nitrogen and oxygen atoms in total. The fourth-order valence-corrected chi connectivity index (χ4v) is 3.78. The van der Waals surface area contributed by atoms with Crippen LogP contribution in [0.1, 0.15) is 49.3 Å². The summed E-state index contributed by atoms with van der Waals surface area (Å²) in [4.78, 5) is 2.70. The quantitative estimate of drug-likeness (QED) is 0.866. The molecule has 1 atom stereocenters. The van der Waals surface area contributed by atoms with Crippen LogP contribution in [0.5, 0.6) is 0 Å². The molecule has 1 saturated carbocycles. The summed E-state index contributed by atoms with van der Waals surface area (Å²) in [6, 6.07) is 10.1. The Morgan fingerprint density at radius 1 is 1.11 bits per heavy atom. The molecule has 1 aromatic carbocycles. The van der Waals surface area contributed by atoms with Gasteiger partial charge in [0.05, 0.1) is 0 Å². The number of benzene rings is 1. The number of nitrogens with zero attached hydrogens (tertiary/aromatic N) is 1. The maximum absolute atomic E-state index is 6.07. The lowest BCUT2D eigenvalue weighted by molar-refractivity contribution is 0.0988. The average molecular weight is 244 g/mol. The van der Waals surface area contributed by atoms with Gasteiger partial charge >= 0.3 is 0 Å². The van der Waals surface area contributed by atoms with Crippen molar-refractivity contribution < 1.29 is 0 Å². The van der Waals surface area contributed by atoms with Crippen LogP contribution in [0.15, 0.2) is 24.3 Å². The van der Waals surface area contributed by atoms with Crippen molar-refractivity contribution in [1.82, 2.24) is 4.90 Å². The number of hydrogen-bond donors (Lipinski definition) is 1. The van der Waals surface area contributed by atoms with Gasteiger partial charge in [0.2, 0.25) is 0 Å². The highest BCUT2D eigenvalue weighted by Crippen LogP contribution is 2.34. The Morgan fingerprint density at radius 3 is 2.67 bits per heavy atom. The zero-order valence-corrected chi connectivity index (χ0v) is 11.1. The zero-order valence-electron chi connectivity index (χ0n) is 11.1. The maximum Gasteiger partial charge on any atom is 0.0476 e. The van der Waals surface area contributed by atoms with E-state index in [1.54, 1.807) is 0 Å². The Hall–Kier alpha value is -0.860. The van der Waals surface area contributed by atoms with Gasteiger partial charge in [-0.15, -0.1) is 0 Å². The largest absolute Gasteiger partial charge is 0.329 e. The van der Waals surface area contributed by atoms with E-state index in [2.05, 4.69) is 29.2 Å². The van der Waals surface area contributed by atoms with Crippen molar-refractivity contribution in [3.05, 3.63) is 35.4 Å². The van der Waals surface area contributed by atoms with Crippen molar-refractivity contribution in [2.75, 3.05) is 13.1 Å². The van der Waals surface area contributed by atoms with Crippen LogP contribution in [0.4, 0.5) is 0 Å². The Morgan fingerprint density at radius 2 is 1.89 bits per heavy atom. The predicted octanol–water partition coefficient (Wildman–Crippen LogP) is 2.88. The molecule has 18 heavy (non-hydrogen) atoms. The van der Waals surface area contributed by atoms with Gasteiger partial charge in [0.1, 0.15) is 0 Å². The summed E-state index contributed by atoms with van der Waals surface area (Å²) >= 11 is 0. The number of rotatable bonds is 2. The van der Waals surface area contributed by atoms with Crippen molar-refractivity contribution in [3.63, 3.8) is 0 Å². The van der Waals surface area contributed by atoms with E-state index in [1.165, 1.54) is 56.2 Å². The minimum atomic E-state index is 0.457. The van der Waals surface area contributed by atoms with Crippen molar-refractivity contribution in [1.29, 1.82) is 0 Å².